The zero-order chi connectivity index (χ0) is 8.81. The summed E-state index contributed by atoms with van der Waals surface area (Å²) < 4.78 is 0. The van der Waals surface area contributed by atoms with Crippen LogP contribution in [0.4, 0.5) is 0 Å². The normalized spacial score (nSPS) is 22.5. The second-order valence-electron chi connectivity index (χ2n) is 3.67. The summed E-state index contributed by atoms with van der Waals surface area (Å²) in [7, 11) is 0. The number of aliphatic hydroxyl groups is 1. The molecule has 1 aliphatic rings. The molecule has 0 saturated carbocycles. The highest BCUT2D eigenvalue weighted by atomic mass is 16.3. The average Bonchev–Trinajstić information content (AvgIpc) is 2.15. The fourth-order valence-corrected chi connectivity index (χ4v) is 2.08. The van der Waals surface area contributed by atoms with Crippen LogP contribution in [0.5, 0.6) is 0 Å². The van der Waals surface area contributed by atoms with E-state index in [1.165, 1.54) is 38.8 Å². The zero-order valence-electron chi connectivity index (χ0n) is 8.13. The van der Waals surface area contributed by atoms with E-state index >= 15 is 0 Å². The van der Waals surface area contributed by atoms with Gasteiger partial charge < -0.3 is 10.0 Å². The SMILES string of the molecule is CCC(CCO)N1CCCCC1. The van der Waals surface area contributed by atoms with Crippen molar-refractivity contribution < 1.29 is 5.11 Å². The fraction of sp³-hybridized carbons (Fsp3) is 1.00. The first-order chi connectivity index (χ1) is 5.88. The third-order valence-electron chi connectivity index (χ3n) is 2.84. The van der Waals surface area contributed by atoms with E-state index < -0.39 is 0 Å². The lowest BCUT2D eigenvalue weighted by Gasteiger charge is -2.33. The van der Waals surface area contributed by atoms with Gasteiger partial charge in [0.1, 0.15) is 0 Å². The van der Waals surface area contributed by atoms with Gasteiger partial charge in [0.15, 0.2) is 0 Å². The predicted molar refractivity (Wildman–Crippen MR) is 51.2 cm³/mol. The van der Waals surface area contributed by atoms with Crippen molar-refractivity contribution in [3.8, 4) is 0 Å². The molecule has 2 heteroatoms. The fourth-order valence-electron chi connectivity index (χ4n) is 2.08. The molecule has 1 saturated heterocycles. The highest BCUT2D eigenvalue weighted by Gasteiger charge is 2.17. The standard InChI is InChI=1S/C10H21NO/c1-2-10(6-9-12)11-7-4-3-5-8-11/h10,12H,2-9H2,1H3. The van der Waals surface area contributed by atoms with E-state index in [1.54, 1.807) is 0 Å². The van der Waals surface area contributed by atoms with Gasteiger partial charge in [-0.15, -0.1) is 0 Å². The van der Waals surface area contributed by atoms with Gasteiger partial charge in [-0.2, -0.15) is 0 Å². The summed E-state index contributed by atoms with van der Waals surface area (Å²) >= 11 is 0. The second-order valence-corrected chi connectivity index (χ2v) is 3.67. The summed E-state index contributed by atoms with van der Waals surface area (Å²) in [5.74, 6) is 0. The predicted octanol–water partition coefficient (Wildman–Crippen LogP) is 1.63. The Hall–Kier alpha value is -0.0800. The van der Waals surface area contributed by atoms with Crippen LogP contribution in [0.15, 0.2) is 0 Å². The molecule has 0 aromatic carbocycles. The van der Waals surface area contributed by atoms with Crippen molar-refractivity contribution in [1.82, 2.24) is 4.90 Å². The Balaban J connectivity index is 2.29. The number of aliphatic hydroxyl groups excluding tert-OH is 1. The lowest BCUT2D eigenvalue weighted by molar-refractivity contribution is 0.130. The van der Waals surface area contributed by atoms with Gasteiger partial charge in [0, 0.05) is 12.6 Å². The Labute approximate surface area is 75.6 Å². The second kappa shape index (κ2) is 5.55. The molecule has 0 bridgehead atoms. The molecule has 0 aromatic rings. The van der Waals surface area contributed by atoms with Crippen LogP contribution in [0.3, 0.4) is 0 Å². The molecular formula is C10H21NO. The number of hydrogen-bond acceptors (Lipinski definition) is 2. The minimum absolute atomic E-state index is 0.342. The number of hydrogen-bond donors (Lipinski definition) is 1. The molecule has 0 aliphatic carbocycles. The molecule has 2 nitrogen and oxygen atoms in total. The van der Waals surface area contributed by atoms with Gasteiger partial charge in [0.05, 0.1) is 0 Å². The van der Waals surface area contributed by atoms with Crippen LogP contribution in [0, 0.1) is 0 Å². The Morgan fingerprint density at radius 1 is 1.25 bits per heavy atom. The van der Waals surface area contributed by atoms with Crippen molar-refractivity contribution in [3.05, 3.63) is 0 Å². The average molecular weight is 171 g/mol. The molecule has 1 unspecified atom stereocenters. The van der Waals surface area contributed by atoms with Crippen LogP contribution >= 0.6 is 0 Å². The van der Waals surface area contributed by atoms with Crippen LogP contribution in [0.1, 0.15) is 39.0 Å². The molecule has 12 heavy (non-hydrogen) atoms. The third kappa shape index (κ3) is 2.76. The topological polar surface area (TPSA) is 23.5 Å². The van der Waals surface area contributed by atoms with Gasteiger partial charge in [-0.05, 0) is 38.8 Å². The van der Waals surface area contributed by atoms with Crippen LogP contribution in [0.2, 0.25) is 0 Å². The van der Waals surface area contributed by atoms with Crippen molar-refractivity contribution >= 4 is 0 Å². The molecule has 0 spiro atoms. The monoisotopic (exact) mass is 171 g/mol. The summed E-state index contributed by atoms with van der Waals surface area (Å²) in [4.78, 5) is 2.54. The van der Waals surface area contributed by atoms with E-state index in [9.17, 15) is 0 Å². The first kappa shape index (κ1) is 10.0. The smallest absolute Gasteiger partial charge is 0.0445 e. The van der Waals surface area contributed by atoms with E-state index in [0.717, 1.165) is 6.42 Å². The molecular weight excluding hydrogens is 150 g/mol. The maximum atomic E-state index is 8.87. The van der Waals surface area contributed by atoms with Crippen LogP contribution < -0.4 is 0 Å². The maximum absolute atomic E-state index is 8.87. The number of nitrogens with zero attached hydrogens (tertiary/aromatic N) is 1. The van der Waals surface area contributed by atoms with E-state index in [4.69, 9.17) is 5.11 Å². The Bertz CT molecular complexity index is 108. The lowest BCUT2D eigenvalue weighted by atomic mass is 10.0. The van der Waals surface area contributed by atoms with Gasteiger partial charge in [-0.25, -0.2) is 0 Å². The molecule has 0 aromatic heterocycles. The van der Waals surface area contributed by atoms with E-state index in [2.05, 4.69) is 11.8 Å². The van der Waals surface area contributed by atoms with E-state index in [0.29, 0.717) is 12.6 Å². The molecule has 1 rings (SSSR count). The first-order valence-corrected chi connectivity index (χ1v) is 5.23. The highest BCUT2D eigenvalue weighted by Crippen LogP contribution is 2.15. The van der Waals surface area contributed by atoms with Crippen LogP contribution in [0.25, 0.3) is 0 Å². The van der Waals surface area contributed by atoms with Gasteiger partial charge in [0.2, 0.25) is 0 Å². The number of rotatable bonds is 4. The molecule has 1 atom stereocenters. The summed E-state index contributed by atoms with van der Waals surface area (Å²) in [5, 5.41) is 8.87. The molecule has 0 radical (unpaired) electrons. The van der Waals surface area contributed by atoms with Crippen LogP contribution in [-0.2, 0) is 0 Å². The lowest BCUT2D eigenvalue weighted by Crippen LogP contribution is -2.39. The minimum Gasteiger partial charge on any atom is -0.396 e. The summed E-state index contributed by atoms with van der Waals surface area (Å²) in [6.45, 7) is 5.06. The Morgan fingerprint density at radius 3 is 2.42 bits per heavy atom. The zero-order valence-corrected chi connectivity index (χ0v) is 8.13. The molecule has 1 N–H and O–H groups in total. The first-order valence-electron chi connectivity index (χ1n) is 5.23. The van der Waals surface area contributed by atoms with Gasteiger partial charge >= 0.3 is 0 Å². The van der Waals surface area contributed by atoms with Gasteiger partial charge in [-0.3, -0.25) is 0 Å². The molecule has 1 heterocycles. The largest absolute Gasteiger partial charge is 0.396 e. The molecule has 0 amide bonds. The number of piperidine rings is 1. The molecule has 72 valence electrons. The van der Waals surface area contributed by atoms with Crippen molar-refractivity contribution in [1.29, 1.82) is 0 Å². The number of likely N-dealkylation sites (tertiary alicyclic amines) is 1. The van der Waals surface area contributed by atoms with Gasteiger partial charge in [-0.1, -0.05) is 13.3 Å². The van der Waals surface area contributed by atoms with Crippen molar-refractivity contribution in [2.45, 2.75) is 45.1 Å². The van der Waals surface area contributed by atoms with E-state index in [1.807, 2.05) is 0 Å². The van der Waals surface area contributed by atoms with Crippen molar-refractivity contribution in [2.75, 3.05) is 19.7 Å². The van der Waals surface area contributed by atoms with Crippen molar-refractivity contribution in [3.63, 3.8) is 0 Å². The molecule has 1 fully saturated rings. The summed E-state index contributed by atoms with van der Waals surface area (Å²) in [6, 6.07) is 0.635. The minimum atomic E-state index is 0.342. The quantitative estimate of drug-likeness (QED) is 0.695. The third-order valence-corrected chi connectivity index (χ3v) is 2.84. The van der Waals surface area contributed by atoms with Crippen molar-refractivity contribution in [2.24, 2.45) is 0 Å². The molecule has 1 aliphatic heterocycles. The Kier molecular flexibility index (Phi) is 4.62. The highest BCUT2D eigenvalue weighted by molar-refractivity contribution is 4.73. The van der Waals surface area contributed by atoms with Gasteiger partial charge in [0.25, 0.3) is 0 Å². The van der Waals surface area contributed by atoms with E-state index in [-0.39, 0.29) is 0 Å². The summed E-state index contributed by atoms with van der Waals surface area (Å²) in [6.07, 6.45) is 6.23. The maximum Gasteiger partial charge on any atom is 0.0445 e. The van der Waals surface area contributed by atoms with Crippen LogP contribution in [-0.4, -0.2) is 35.7 Å². The summed E-state index contributed by atoms with van der Waals surface area (Å²) in [5.41, 5.74) is 0. The Morgan fingerprint density at radius 2 is 1.92 bits per heavy atom.